The summed E-state index contributed by atoms with van der Waals surface area (Å²) >= 11 is 1.59. The normalized spacial score (nSPS) is 14.4. The van der Waals surface area contributed by atoms with Crippen molar-refractivity contribution >= 4 is 17.7 Å². The average molecular weight is 273 g/mol. The molecule has 102 valence electrons. The summed E-state index contributed by atoms with van der Waals surface area (Å²) in [5, 5.41) is 21.3. The molecular weight excluding hydrogens is 254 g/mol. The second-order valence-corrected chi connectivity index (χ2v) is 5.23. The van der Waals surface area contributed by atoms with E-state index >= 15 is 0 Å². The van der Waals surface area contributed by atoms with Gasteiger partial charge < -0.3 is 19.9 Å². The van der Waals surface area contributed by atoms with Crippen molar-refractivity contribution in [1.82, 2.24) is 5.32 Å². The number of carbonyl (C=O) groups is 1. The molecule has 6 heteroatoms. The highest BCUT2D eigenvalue weighted by atomic mass is 32.2. The molecule has 0 aliphatic carbocycles. The van der Waals surface area contributed by atoms with Crippen molar-refractivity contribution in [2.45, 2.75) is 31.7 Å². The van der Waals surface area contributed by atoms with Crippen molar-refractivity contribution in [2.75, 3.05) is 12.9 Å². The van der Waals surface area contributed by atoms with Crippen LogP contribution in [0.3, 0.4) is 0 Å². The third kappa shape index (κ3) is 3.76. The third-order valence-corrected chi connectivity index (χ3v) is 3.96. The lowest BCUT2D eigenvalue weighted by atomic mass is 10.2. The van der Waals surface area contributed by atoms with Gasteiger partial charge in [-0.05, 0) is 26.2 Å². The van der Waals surface area contributed by atoms with Crippen LogP contribution in [0.2, 0.25) is 0 Å². The second-order valence-electron chi connectivity index (χ2n) is 4.16. The molecule has 3 N–H and O–H groups in total. The van der Waals surface area contributed by atoms with Crippen LogP contribution in [0.5, 0.6) is 0 Å². The van der Waals surface area contributed by atoms with Crippen LogP contribution in [0.4, 0.5) is 0 Å². The Labute approximate surface area is 111 Å². The van der Waals surface area contributed by atoms with Crippen LogP contribution in [-0.4, -0.2) is 40.3 Å². The molecule has 1 rings (SSSR count). The monoisotopic (exact) mass is 273 g/mol. The van der Waals surface area contributed by atoms with Crippen molar-refractivity contribution in [3.05, 3.63) is 23.2 Å². The summed E-state index contributed by atoms with van der Waals surface area (Å²) in [4.78, 5) is 10.8. The number of aliphatic hydroxyl groups excluding tert-OH is 1. The first-order valence-electron chi connectivity index (χ1n) is 5.69. The molecule has 0 aliphatic rings. The molecule has 0 spiro atoms. The summed E-state index contributed by atoms with van der Waals surface area (Å²) in [6, 6.07) is 1.83. The Balaban J connectivity index is 2.58. The van der Waals surface area contributed by atoms with E-state index in [0.29, 0.717) is 17.9 Å². The minimum Gasteiger partial charge on any atom is -0.475 e. The Morgan fingerprint density at radius 2 is 2.28 bits per heavy atom. The topological polar surface area (TPSA) is 82.7 Å². The Bertz CT molecular complexity index is 401. The highest BCUT2D eigenvalue weighted by molar-refractivity contribution is 7.99. The number of rotatable bonds is 7. The molecule has 0 aliphatic heterocycles. The van der Waals surface area contributed by atoms with E-state index in [1.165, 1.54) is 0 Å². The van der Waals surface area contributed by atoms with Crippen LogP contribution in [-0.2, 0) is 6.54 Å². The van der Waals surface area contributed by atoms with Gasteiger partial charge in [-0.25, -0.2) is 4.79 Å². The number of hydrogen-bond donors (Lipinski definition) is 3. The number of aryl methyl sites for hydroxylation is 1. The van der Waals surface area contributed by atoms with E-state index in [-0.39, 0.29) is 23.7 Å². The number of carboxylic acid groups (broad SMARTS) is 1. The Hall–Kier alpha value is -0.980. The van der Waals surface area contributed by atoms with Gasteiger partial charge in [-0.3, -0.25) is 0 Å². The lowest BCUT2D eigenvalue weighted by Crippen LogP contribution is -2.36. The van der Waals surface area contributed by atoms with Crippen molar-refractivity contribution in [3.63, 3.8) is 0 Å². The molecule has 0 fully saturated rings. The van der Waals surface area contributed by atoms with Crippen molar-refractivity contribution in [1.29, 1.82) is 0 Å². The average Bonchev–Trinajstić information content (AvgIpc) is 2.69. The van der Waals surface area contributed by atoms with Gasteiger partial charge in [0.15, 0.2) is 0 Å². The summed E-state index contributed by atoms with van der Waals surface area (Å²) in [5.41, 5.74) is 0.621. The van der Waals surface area contributed by atoms with Gasteiger partial charge in [0.2, 0.25) is 5.76 Å². The smallest absolute Gasteiger partial charge is 0.372 e. The maximum atomic E-state index is 10.8. The Morgan fingerprint density at radius 1 is 1.61 bits per heavy atom. The molecule has 0 aromatic carbocycles. The van der Waals surface area contributed by atoms with Crippen LogP contribution < -0.4 is 5.32 Å². The van der Waals surface area contributed by atoms with Crippen molar-refractivity contribution in [3.8, 4) is 0 Å². The fraction of sp³-hybridized carbons (Fsp3) is 0.583. The molecule has 0 bridgehead atoms. The number of aromatic carboxylic acids is 1. The van der Waals surface area contributed by atoms with Gasteiger partial charge in [-0.2, -0.15) is 11.8 Å². The molecule has 0 saturated carbocycles. The highest BCUT2D eigenvalue weighted by Gasteiger charge is 2.17. The second kappa shape index (κ2) is 6.82. The standard InChI is InChI=1S/C12H19NO4S/c1-7-4-9(17-11(7)12(15)16)5-13-8(2)10(6-14)18-3/h4,8,10,13-14H,5-6H2,1-3H3,(H,15,16). The van der Waals surface area contributed by atoms with Crippen LogP contribution in [0.25, 0.3) is 0 Å². The molecule has 1 aromatic rings. The molecule has 5 nitrogen and oxygen atoms in total. The SMILES string of the molecule is CSC(CO)C(C)NCc1cc(C)c(C(=O)O)o1. The van der Waals surface area contributed by atoms with E-state index in [1.807, 2.05) is 13.2 Å². The first kappa shape index (κ1) is 15.1. The molecule has 2 unspecified atom stereocenters. The van der Waals surface area contributed by atoms with E-state index < -0.39 is 5.97 Å². The van der Waals surface area contributed by atoms with Gasteiger partial charge in [0.1, 0.15) is 5.76 Å². The van der Waals surface area contributed by atoms with E-state index in [2.05, 4.69) is 5.32 Å². The zero-order valence-corrected chi connectivity index (χ0v) is 11.6. The molecule has 2 atom stereocenters. The number of furan rings is 1. The Morgan fingerprint density at radius 3 is 2.72 bits per heavy atom. The summed E-state index contributed by atoms with van der Waals surface area (Å²) in [5.74, 6) is -0.471. The lowest BCUT2D eigenvalue weighted by molar-refractivity contribution is 0.0659. The summed E-state index contributed by atoms with van der Waals surface area (Å²) in [6.45, 7) is 4.24. The number of carboxylic acids is 1. The fourth-order valence-electron chi connectivity index (χ4n) is 1.68. The van der Waals surface area contributed by atoms with Crippen LogP contribution >= 0.6 is 11.8 Å². The molecule has 1 heterocycles. The van der Waals surface area contributed by atoms with Crippen LogP contribution in [0.15, 0.2) is 10.5 Å². The lowest BCUT2D eigenvalue weighted by Gasteiger charge is -2.20. The maximum absolute atomic E-state index is 10.8. The Kier molecular flexibility index (Phi) is 5.71. The molecular formula is C12H19NO4S. The van der Waals surface area contributed by atoms with Gasteiger partial charge in [-0.15, -0.1) is 0 Å². The fourth-order valence-corrected chi connectivity index (χ4v) is 2.33. The van der Waals surface area contributed by atoms with Crippen molar-refractivity contribution in [2.24, 2.45) is 0 Å². The van der Waals surface area contributed by atoms with Gasteiger partial charge in [0.05, 0.1) is 13.2 Å². The molecule has 0 radical (unpaired) electrons. The van der Waals surface area contributed by atoms with E-state index in [4.69, 9.17) is 14.6 Å². The molecule has 1 aromatic heterocycles. The largest absolute Gasteiger partial charge is 0.475 e. The van der Waals surface area contributed by atoms with Gasteiger partial charge in [-0.1, -0.05) is 0 Å². The predicted octanol–water partition coefficient (Wildman–Crippen LogP) is 1.49. The summed E-state index contributed by atoms with van der Waals surface area (Å²) in [7, 11) is 0. The first-order valence-corrected chi connectivity index (χ1v) is 6.98. The summed E-state index contributed by atoms with van der Waals surface area (Å²) in [6.07, 6.45) is 1.94. The molecule has 18 heavy (non-hydrogen) atoms. The number of thioether (sulfide) groups is 1. The number of hydrogen-bond acceptors (Lipinski definition) is 5. The minimum absolute atomic E-state index is 0.0111. The minimum atomic E-state index is -1.05. The van der Waals surface area contributed by atoms with Gasteiger partial charge in [0, 0.05) is 16.9 Å². The maximum Gasteiger partial charge on any atom is 0.372 e. The van der Waals surface area contributed by atoms with Crippen molar-refractivity contribution < 1.29 is 19.4 Å². The van der Waals surface area contributed by atoms with Crippen LogP contribution in [0.1, 0.15) is 28.8 Å². The molecule has 0 amide bonds. The van der Waals surface area contributed by atoms with E-state index in [1.54, 1.807) is 24.8 Å². The van der Waals surface area contributed by atoms with E-state index in [0.717, 1.165) is 0 Å². The van der Waals surface area contributed by atoms with Gasteiger partial charge >= 0.3 is 5.97 Å². The van der Waals surface area contributed by atoms with Gasteiger partial charge in [0.25, 0.3) is 0 Å². The summed E-state index contributed by atoms with van der Waals surface area (Å²) < 4.78 is 5.24. The third-order valence-electron chi connectivity index (χ3n) is 2.80. The quantitative estimate of drug-likeness (QED) is 0.698. The number of aliphatic hydroxyl groups is 1. The van der Waals surface area contributed by atoms with Crippen LogP contribution in [0, 0.1) is 6.92 Å². The first-order chi connectivity index (χ1) is 8.49. The zero-order chi connectivity index (χ0) is 13.7. The number of nitrogens with one attached hydrogen (secondary N) is 1. The van der Waals surface area contributed by atoms with E-state index in [9.17, 15) is 4.79 Å². The predicted molar refractivity (Wildman–Crippen MR) is 71.1 cm³/mol. The molecule has 0 saturated heterocycles. The zero-order valence-electron chi connectivity index (χ0n) is 10.8. The highest BCUT2D eigenvalue weighted by Crippen LogP contribution is 2.16.